The van der Waals surface area contributed by atoms with Gasteiger partial charge in [-0.15, -0.1) is 0 Å². The third kappa shape index (κ3) is 4.51. The molecule has 0 atom stereocenters. The number of carbonyl (C=O) groups excluding carboxylic acids is 2. The number of hydrogen-bond donors (Lipinski definition) is 1. The van der Waals surface area contributed by atoms with Gasteiger partial charge in [0.05, 0.1) is 12.2 Å². The van der Waals surface area contributed by atoms with Crippen LogP contribution < -0.4 is 5.32 Å². The van der Waals surface area contributed by atoms with E-state index in [4.69, 9.17) is 11.6 Å². The molecule has 1 aliphatic rings. The van der Waals surface area contributed by atoms with E-state index in [1.54, 1.807) is 30.3 Å². The highest BCUT2D eigenvalue weighted by Crippen LogP contribution is 2.25. The van der Waals surface area contributed by atoms with Gasteiger partial charge in [-0.25, -0.2) is 0 Å². The van der Waals surface area contributed by atoms with Crippen LogP contribution in [0.15, 0.2) is 48.5 Å². The Morgan fingerprint density at radius 1 is 1.12 bits per heavy atom. The third-order valence-corrected chi connectivity index (χ3v) is 5.11. The number of nitrogens with zero attached hydrogens (tertiary/aromatic N) is 1. The van der Waals surface area contributed by atoms with Crippen LogP contribution >= 0.6 is 11.6 Å². The molecule has 2 aromatic rings. The average Bonchev–Trinajstić information content (AvgIpc) is 3.18. The Kier molecular flexibility index (Phi) is 6.07. The molecule has 1 aliphatic carbocycles. The molecule has 2 aromatic carbocycles. The maximum atomic E-state index is 12.8. The first-order valence-electron chi connectivity index (χ1n) is 8.94. The zero-order valence-corrected chi connectivity index (χ0v) is 15.6. The maximum Gasteiger partial charge on any atom is 0.238 e. The van der Waals surface area contributed by atoms with Crippen molar-refractivity contribution in [1.29, 1.82) is 0 Å². The summed E-state index contributed by atoms with van der Waals surface area (Å²) >= 11 is 6.08. The Bertz CT molecular complexity index is 786. The SMILES string of the molecule is CN(CC(=O)Nc1ccc(Cl)cc1C(=O)c1ccccc1)C1CCCC1. The van der Waals surface area contributed by atoms with Crippen molar-refractivity contribution < 1.29 is 9.59 Å². The zero-order chi connectivity index (χ0) is 18.5. The average molecular weight is 371 g/mol. The van der Waals surface area contributed by atoms with Crippen LogP contribution in [0.5, 0.6) is 0 Å². The summed E-state index contributed by atoms with van der Waals surface area (Å²) in [7, 11) is 1.98. The summed E-state index contributed by atoms with van der Waals surface area (Å²) in [5, 5.41) is 3.35. The van der Waals surface area contributed by atoms with Crippen molar-refractivity contribution in [1.82, 2.24) is 4.90 Å². The summed E-state index contributed by atoms with van der Waals surface area (Å²) in [5.74, 6) is -0.281. The van der Waals surface area contributed by atoms with E-state index < -0.39 is 0 Å². The number of hydrogen-bond acceptors (Lipinski definition) is 3. The number of amides is 1. The first-order valence-corrected chi connectivity index (χ1v) is 9.32. The number of ketones is 1. The highest BCUT2D eigenvalue weighted by molar-refractivity contribution is 6.31. The predicted molar refractivity (Wildman–Crippen MR) is 105 cm³/mol. The first-order chi connectivity index (χ1) is 12.5. The normalized spacial score (nSPS) is 14.6. The molecule has 1 fully saturated rings. The Balaban J connectivity index is 1.75. The van der Waals surface area contributed by atoms with Crippen molar-refractivity contribution >= 4 is 29.0 Å². The fourth-order valence-electron chi connectivity index (χ4n) is 3.45. The predicted octanol–water partition coefficient (Wildman–Crippen LogP) is 4.38. The topological polar surface area (TPSA) is 49.4 Å². The van der Waals surface area contributed by atoms with Crippen LogP contribution in [-0.2, 0) is 4.79 Å². The lowest BCUT2D eigenvalue weighted by atomic mass is 10.0. The van der Waals surface area contributed by atoms with E-state index in [9.17, 15) is 9.59 Å². The van der Waals surface area contributed by atoms with Gasteiger partial charge in [-0.1, -0.05) is 54.8 Å². The lowest BCUT2D eigenvalue weighted by molar-refractivity contribution is -0.117. The van der Waals surface area contributed by atoms with Gasteiger partial charge in [-0.3, -0.25) is 14.5 Å². The van der Waals surface area contributed by atoms with Crippen molar-refractivity contribution in [3.05, 3.63) is 64.7 Å². The smallest absolute Gasteiger partial charge is 0.238 e. The van der Waals surface area contributed by atoms with Gasteiger partial charge < -0.3 is 5.32 Å². The molecule has 0 spiro atoms. The number of halogens is 1. The molecule has 1 amide bonds. The fourth-order valence-corrected chi connectivity index (χ4v) is 3.62. The molecule has 136 valence electrons. The Labute approximate surface area is 159 Å². The minimum atomic E-state index is -0.160. The zero-order valence-electron chi connectivity index (χ0n) is 14.9. The second kappa shape index (κ2) is 8.47. The molecular weight excluding hydrogens is 348 g/mol. The lowest BCUT2D eigenvalue weighted by Gasteiger charge is -2.23. The minimum absolute atomic E-state index is 0.121. The summed E-state index contributed by atoms with van der Waals surface area (Å²) in [5.41, 5.74) is 1.46. The van der Waals surface area contributed by atoms with Crippen LogP contribution in [0.3, 0.4) is 0 Å². The standard InChI is InChI=1S/C21H23ClN2O2/c1-24(17-9-5-6-10-17)14-20(25)23-19-12-11-16(22)13-18(19)21(26)15-7-3-2-4-8-15/h2-4,7-8,11-13,17H,5-6,9-10,14H2,1H3,(H,23,25). The largest absolute Gasteiger partial charge is 0.324 e. The second-order valence-electron chi connectivity index (χ2n) is 6.79. The van der Waals surface area contributed by atoms with Crippen LogP contribution in [0.25, 0.3) is 0 Å². The molecule has 1 saturated carbocycles. The van der Waals surface area contributed by atoms with Crippen LogP contribution in [0.1, 0.15) is 41.6 Å². The number of rotatable bonds is 6. The van der Waals surface area contributed by atoms with E-state index in [1.807, 2.05) is 25.2 Å². The highest BCUT2D eigenvalue weighted by atomic mass is 35.5. The lowest BCUT2D eigenvalue weighted by Crippen LogP contribution is -2.36. The molecule has 0 heterocycles. The number of carbonyl (C=O) groups is 2. The van der Waals surface area contributed by atoms with Crippen molar-refractivity contribution in [3.63, 3.8) is 0 Å². The second-order valence-corrected chi connectivity index (χ2v) is 7.22. The molecule has 1 N–H and O–H groups in total. The number of likely N-dealkylation sites (N-methyl/N-ethyl adjacent to an activating group) is 1. The van der Waals surface area contributed by atoms with Crippen molar-refractivity contribution in [2.75, 3.05) is 18.9 Å². The van der Waals surface area contributed by atoms with Gasteiger partial charge in [-0.05, 0) is 38.1 Å². The van der Waals surface area contributed by atoms with Crippen molar-refractivity contribution in [2.45, 2.75) is 31.7 Å². The molecule has 3 rings (SSSR count). The fraction of sp³-hybridized carbons (Fsp3) is 0.333. The van der Waals surface area contributed by atoms with Crippen LogP contribution in [0, 0.1) is 0 Å². The monoisotopic (exact) mass is 370 g/mol. The highest BCUT2D eigenvalue weighted by Gasteiger charge is 2.22. The van der Waals surface area contributed by atoms with E-state index in [0.29, 0.717) is 34.4 Å². The van der Waals surface area contributed by atoms with Crippen LogP contribution in [0.2, 0.25) is 5.02 Å². The molecule has 0 aromatic heterocycles. The van der Waals surface area contributed by atoms with Crippen molar-refractivity contribution in [3.8, 4) is 0 Å². The number of benzene rings is 2. The number of anilines is 1. The summed E-state index contributed by atoms with van der Waals surface area (Å²) in [4.78, 5) is 27.4. The molecule has 26 heavy (non-hydrogen) atoms. The summed E-state index contributed by atoms with van der Waals surface area (Å²) in [6.45, 7) is 0.312. The molecule has 5 heteroatoms. The van der Waals surface area contributed by atoms with Gasteiger partial charge in [0.15, 0.2) is 5.78 Å². The van der Waals surface area contributed by atoms with Gasteiger partial charge in [0, 0.05) is 22.2 Å². The molecule has 4 nitrogen and oxygen atoms in total. The van der Waals surface area contributed by atoms with E-state index in [1.165, 1.54) is 12.8 Å². The Hall–Kier alpha value is -2.17. The van der Waals surface area contributed by atoms with Gasteiger partial charge in [-0.2, -0.15) is 0 Å². The molecular formula is C21H23ClN2O2. The quantitative estimate of drug-likeness (QED) is 0.767. The number of nitrogens with one attached hydrogen (secondary N) is 1. The molecule has 0 bridgehead atoms. The van der Waals surface area contributed by atoms with E-state index in [0.717, 1.165) is 12.8 Å². The maximum absolute atomic E-state index is 12.8. The molecule has 0 unspecified atom stereocenters. The first kappa shape index (κ1) is 18.6. The van der Waals surface area contributed by atoms with E-state index >= 15 is 0 Å². The minimum Gasteiger partial charge on any atom is -0.324 e. The van der Waals surface area contributed by atoms with Gasteiger partial charge in [0.25, 0.3) is 0 Å². The van der Waals surface area contributed by atoms with Crippen LogP contribution in [0.4, 0.5) is 5.69 Å². The van der Waals surface area contributed by atoms with Gasteiger partial charge >= 0.3 is 0 Å². The van der Waals surface area contributed by atoms with Crippen LogP contribution in [-0.4, -0.2) is 36.2 Å². The summed E-state index contributed by atoms with van der Waals surface area (Å²) in [6.07, 6.45) is 4.73. The Morgan fingerprint density at radius 3 is 2.50 bits per heavy atom. The summed E-state index contributed by atoms with van der Waals surface area (Å²) in [6, 6.07) is 14.4. The van der Waals surface area contributed by atoms with E-state index in [2.05, 4.69) is 10.2 Å². The molecule has 0 saturated heterocycles. The van der Waals surface area contributed by atoms with Gasteiger partial charge in [0.2, 0.25) is 5.91 Å². The van der Waals surface area contributed by atoms with Gasteiger partial charge in [0.1, 0.15) is 0 Å². The summed E-state index contributed by atoms with van der Waals surface area (Å²) < 4.78 is 0. The van der Waals surface area contributed by atoms with Crippen molar-refractivity contribution in [2.24, 2.45) is 0 Å². The molecule has 0 aliphatic heterocycles. The molecule has 0 radical (unpaired) electrons. The third-order valence-electron chi connectivity index (χ3n) is 4.88. The Morgan fingerprint density at radius 2 is 1.81 bits per heavy atom. The van der Waals surface area contributed by atoms with E-state index in [-0.39, 0.29) is 11.7 Å².